The highest BCUT2D eigenvalue weighted by molar-refractivity contribution is 5.87. The summed E-state index contributed by atoms with van der Waals surface area (Å²) in [4.78, 5) is 22.9. The van der Waals surface area contributed by atoms with Crippen LogP contribution in [0, 0.1) is 0 Å². The molecule has 0 aromatic carbocycles. The number of carboxylic acids is 1. The van der Waals surface area contributed by atoms with E-state index in [-0.39, 0.29) is 11.4 Å². The molecular formula is C9H13F5N2O3. The highest BCUT2D eigenvalue weighted by atomic mass is 19.4. The second-order valence-corrected chi connectivity index (χ2v) is 4.00. The summed E-state index contributed by atoms with van der Waals surface area (Å²) >= 11 is 0. The molecule has 0 aliphatic heterocycles. The van der Waals surface area contributed by atoms with Crippen molar-refractivity contribution in [1.82, 2.24) is 9.80 Å². The first-order valence-electron chi connectivity index (χ1n) is 5.00. The Morgan fingerprint density at radius 3 is 1.84 bits per heavy atom. The van der Waals surface area contributed by atoms with Crippen LogP contribution in [0.25, 0.3) is 0 Å². The van der Waals surface area contributed by atoms with Crippen molar-refractivity contribution in [3.05, 3.63) is 0 Å². The van der Waals surface area contributed by atoms with Gasteiger partial charge < -0.3 is 14.9 Å². The fourth-order valence-corrected chi connectivity index (χ4v) is 1.06. The van der Waals surface area contributed by atoms with Gasteiger partial charge in [0.2, 0.25) is 0 Å². The number of alkyl halides is 5. The first-order valence-corrected chi connectivity index (χ1v) is 5.00. The number of aliphatic carboxylic acids is 1. The predicted octanol–water partition coefficient (Wildman–Crippen LogP) is 0.659. The molecule has 0 saturated carbocycles. The summed E-state index contributed by atoms with van der Waals surface area (Å²) in [6, 6.07) is 0. The molecule has 0 unspecified atom stereocenters. The van der Waals surface area contributed by atoms with Gasteiger partial charge in [0, 0.05) is 13.1 Å². The minimum Gasteiger partial charge on any atom is -0.480 e. The van der Waals surface area contributed by atoms with Crippen molar-refractivity contribution in [1.29, 1.82) is 0 Å². The van der Waals surface area contributed by atoms with Gasteiger partial charge in [-0.1, -0.05) is 0 Å². The van der Waals surface area contributed by atoms with Gasteiger partial charge in [-0.25, -0.2) is 0 Å². The van der Waals surface area contributed by atoms with Crippen LogP contribution in [0.2, 0.25) is 0 Å². The zero-order chi connectivity index (χ0) is 15.4. The van der Waals surface area contributed by atoms with Crippen molar-refractivity contribution in [3.8, 4) is 0 Å². The topological polar surface area (TPSA) is 60.9 Å². The maximum atomic E-state index is 12.8. The van der Waals surface area contributed by atoms with Gasteiger partial charge in [-0.3, -0.25) is 9.59 Å². The van der Waals surface area contributed by atoms with Crippen LogP contribution in [-0.4, -0.2) is 72.6 Å². The molecule has 0 radical (unpaired) electrons. The van der Waals surface area contributed by atoms with Gasteiger partial charge in [0.15, 0.2) is 0 Å². The monoisotopic (exact) mass is 292 g/mol. The number of carbonyl (C=O) groups is 2. The lowest BCUT2D eigenvalue weighted by Gasteiger charge is -2.27. The smallest absolute Gasteiger partial charge is 0.463 e. The third kappa shape index (κ3) is 4.97. The predicted molar refractivity (Wildman–Crippen MR) is 53.8 cm³/mol. The Bertz CT molecular complexity index is 343. The maximum Gasteiger partial charge on any atom is 0.463 e. The van der Waals surface area contributed by atoms with Crippen molar-refractivity contribution in [2.24, 2.45) is 0 Å². The Balaban J connectivity index is 5.04. The molecule has 1 amide bonds. The Kier molecular flexibility index (Phi) is 5.66. The average Bonchev–Trinajstić information content (AvgIpc) is 2.20. The van der Waals surface area contributed by atoms with Gasteiger partial charge >= 0.3 is 24.0 Å². The first-order chi connectivity index (χ1) is 8.39. The zero-order valence-corrected chi connectivity index (χ0v) is 10.2. The molecule has 10 heteroatoms. The molecule has 0 fully saturated rings. The van der Waals surface area contributed by atoms with E-state index < -0.39 is 37.1 Å². The van der Waals surface area contributed by atoms with Crippen molar-refractivity contribution < 1.29 is 36.6 Å². The van der Waals surface area contributed by atoms with Crippen molar-refractivity contribution in [2.45, 2.75) is 12.1 Å². The number of carboxylic acid groups (broad SMARTS) is 1. The number of carbonyl (C=O) groups excluding carboxylic acids is 1. The minimum absolute atomic E-state index is 0.0319. The Morgan fingerprint density at radius 1 is 1.05 bits per heavy atom. The van der Waals surface area contributed by atoms with E-state index in [1.54, 1.807) is 0 Å². The van der Waals surface area contributed by atoms with E-state index in [0.29, 0.717) is 0 Å². The van der Waals surface area contributed by atoms with E-state index in [9.17, 15) is 31.5 Å². The van der Waals surface area contributed by atoms with Gasteiger partial charge in [0.25, 0.3) is 0 Å². The van der Waals surface area contributed by atoms with E-state index in [0.717, 1.165) is 0 Å². The summed E-state index contributed by atoms with van der Waals surface area (Å²) in [7, 11) is 2.98. The molecule has 0 spiro atoms. The molecule has 5 nitrogen and oxygen atoms in total. The highest BCUT2D eigenvalue weighted by Gasteiger charge is 2.64. The molecule has 112 valence electrons. The molecule has 0 bridgehead atoms. The lowest BCUT2D eigenvalue weighted by Crippen LogP contribution is -2.54. The Morgan fingerprint density at radius 2 is 1.53 bits per heavy atom. The number of nitrogens with zero attached hydrogens (tertiary/aromatic N) is 2. The minimum atomic E-state index is -6.06. The number of hydrogen-bond donors (Lipinski definition) is 1. The number of rotatable bonds is 6. The van der Waals surface area contributed by atoms with Crippen LogP contribution in [0.1, 0.15) is 0 Å². The zero-order valence-electron chi connectivity index (χ0n) is 10.2. The van der Waals surface area contributed by atoms with Gasteiger partial charge in [0.05, 0.1) is 0 Å². The molecule has 0 aliphatic carbocycles. The molecule has 0 atom stereocenters. The third-order valence-corrected chi connectivity index (χ3v) is 2.06. The molecule has 19 heavy (non-hydrogen) atoms. The van der Waals surface area contributed by atoms with Crippen LogP contribution >= 0.6 is 0 Å². The second-order valence-electron chi connectivity index (χ2n) is 4.00. The number of amides is 1. The second kappa shape index (κ2) is 6.13. The van der Waals surface area contributed by atoms with Crippen LogP contribution < -0.4 is 0 Å². The molecule has 0 heterocycles. The quantitative estimate of drug-likeness (QED) is 0.731. The fraction of sp³-hybridized carbons (Fsp3) is 0.778. The van der Waals surface area contributed by atoms with Crippen molar-refractivity contribution in [3.63, 3.8) is 0 Å². The van der Waals surface area contributed by atoms with E-state index >= 15 is 0 Å². The normalized spacial score (nSPS) is 12.6. The summed E-state index contributed by atoms with van der Waals surface area (Å²) in [6.07, 6.45) is -6.06. The average molecular weight is 292 g/mol. The lowest BCUT2D eigenvalue weighted by molar-refractivity contribution is -0.274. The van der Waals surface area contributed by atoms with E-state index in [4.69, 9.17) is 5.11 Å². The van der Waals surface area contributed by atoms with Gasteiger partial charge in [-0.15, -0.1) is 0 Å². The SMILES string of the molecule is CN(C)CCN(CC(=O)O)C(=O)C(F)(F)C(F)(F)F. The van der Waals surface area contributed by atoms with Gasteiger partial charge in [-0.2, -0.15) is 22.0 Å². The van der Waals surface area contributed by atoms with E-state index in [1.165, 1.54) is 19.0 Å². The largest absolute Gasteiger partial charge is 0.480 e. The Labute approximate surface area is 105 Å². The van der Waals surface area contributed by atoms with Crippen molar-refractivity contribution in [2.75, 3.05) is 33.7 Å². The van der Waals surface area contributed by atoms with Gasteiger partial charge in [-0.05, 0) is 14.1 Å². The van der Waals surface area contributed by atoms with Crippen LogP contribution in [0.15, 0.2) is 0 Å². The van der Waals surface area contributed by atoms with E-state index in [2.05, 4.69) is 0 Å². The summed E-state index contributed by atoms with van der Waals surface area (Å²) in [5, 5.41) is 8.43. The number of hydrogen-bond acceptors (Lipinski definition) is 3. The summed E-state index contributed by atoms with van der Waals surface area (Å²) < 4.78 is 61.7. The summed E-state index contributed by atoms with van der Waals surface area (Å²) in [5.74, 6) is -9.84. The van der Waals surface area contributed by atoms with Crippen molar-refractivity contribution >= 4 is 11.9 Å². The van der Waals surface area contributed by atoms with Crippen LogP contribution in [0.4, 0.5) is 22.0 Å². The molecule has 0 rings (SSSR count). The van der Waals surface area contributed by atoms with Crippen LogP contribution in [0.3, 0.4) is 0 Å². The third-order valence-electron chi connectivity index (χ3n) is 2.06. The summed E-state index contributed by atoms with van der Waals surface area (Å²) in [6.45, 7) is -1.82. The molecule has 0 saturated heterocycles. The highest BCUT2D eigenvalue weighted by Crippen LogP contribution is 2.36. The lowest BCUT2D eigenvalue weighted by atomic mass is 10.2. The fourth-order valence-electron chi connectivity index (χ4n) is 1.06. The molecule has 0 aliphatic rings. The molecular weight excluding hydrogens is 279 g/mol. The maximum absolute atomic E-state index is 12.8. The molecule has 0 aromatic heterocycles. The van der Waals surface area contributed by atoms with E-state index in [1.807, 2.05) is 0 Å². The van der Waals surface area contributed by atoms with Gasteiger partial charge in [0.1, 0.15) is 6.54 Å². The Hall–Kier alpha value is -1.45. The number of likely N-dealkylation sites (N-methyl/N-ethyl adjacent to an activating group) is 1. The number of halogens is 5. The first kappa shape index (κ1) is 17.6. The standard InChI is InChI=1S/C9H13F5N2O3/c1-15(2)3-4-16(5-6(17)18)7(19)8(10,11)9(12,13)14/h3-5H2,1-2H3,(H,17,18). The van der Waals surface area contributed by atoms with Crippen LogP contribution in [-0.2, 0) is 9.59 Å². The molecule has 1 N–H and O–H groups in total. The summed E-state index contributed by atoms with van der Waals surface area (Å²) in [5.41, 5.74) is 0. The molecule has 0 aromatic rings. The van der Waals surface area contributed by atoms with Crippen LogP contribution in [0.5, 0.6) is 0 Å².